The van der Waals surface area contributed by atoms with Crippen molar-refractivity contribution in [1.82, 2.24) is 4.98 Å². The number of hydrogen-bond acceptors (Lipinski definition) is 5. The zero-order chi connectivity index (χ0) is 14.0. The minimum Gasteiger partial charge on any atom is -0.455 e. The van der Waals surface area contributed by atoms with Crippen LogP contribution in [0.3, 0.4) is 0 Å². The number of hydrogen-bond donors (Lipinski definition) is 1. The van der Waals surface area contributed by atoms with Crippen LogP contribution in [0.15, 0.2) is 18.2 Å². The smallest absolute Gasteiger partial charge is 0.338 e. The molecule has 0 aliphatic carbocycles. The van der Waals surface area contributed by atoms with Gasteiger partial charge in [-0.3, -0.25) is 0 Å². The summed E-state index contributed by atoms with van der Waals surface area (Å²) in [7, 11) is 0. The number of benzene rings is 1. The first-order valence-corrected chi connectivity index (χ1v) is 6.44. The molecule has 4 nitrogen and oxygen atoms in total. The van der Waals surface area contributed by atoms with E-state index >= 15 is 0 Å². The second kappa shape index (κ2) is 5.36. The van der Waals surface area contributed by atoms with Crippen molar-refractivity contribution >= 4 is 23.0 Å². The molecule has 1 heterocycles. The average molecular weight is 280 g/mol. The van der Waals surface area contributed by atoms with E-state index in [1.165, 1.54) is 23.5 Å². The van der Waals surface area contributed by atoms with Crippen LogP contribution in [0.1, 0.15) is 25.9 Å². The van der Waals surface area contributed by atoms with Crippen molar-refractivity contribution < 1.29 is 13.9 Å². The van der Waals surface area contributed by atoms with Crippen LogP contribution in [-0.2, 0) is 11.3 Å². The van der Waals surface area contributed by atoms with Crippen LogP contribution in [-0.4, -0.2) is 11.0 Å². The van der Waals surface area contributed by atoms with Gasteiger partial charge in [-0.1, -0.05) is 0 Å². The van der Waals surface area contributed by atoms with E-state index in [9.17, 15) is 9.18 Å². The minimum absolute atomic E-state index is 0.0737. The van der Waals surface area contributed by atoms with Gasteiger partial charge in [-0.2, -0.15) is 0 Å². The van der Waals surface area contributed by atoms with Gasteiger partial charge < -0.3 is 10.5 Å². The second-order valence-electron chi connectivity index (χ2n) is 4.06. The summed E-state index contributed by atoms with van der Waals surface area (Å²) in [5.74, 6) is -1.10. The molecule has 0 saturated carbocycles. The molecule has 19 heavy (non-hydrogen) atoms. The molecule has 0 amide bonds. The molecule has 2 rings (SSSR count). The molecule has 0 bridgehead atoms. The molecule has 100 valence electrons. The van der Waals surface area contributed by atoms with Crippen LogP contribution in [0, 0.1) is 19.7 Å². The Bertz CT molecular complexity index is 606. The van der Waals surface area contributed by atoms with Crippen molar-refractivity contribution in [3.63, 3.8) is 0 Å². The zero-order valence-electron chi connectivity index (χ0n) is 10.6. The maximum absolute atomic E-state index is 13.0. The van der Waals surface area contributed by atoms with Gasteiger partial charge in [0.2, 0.25) is 0 Å². The van der Waals surface area contributed by atoms with Gasteiger partial charge in [-0.05, 0) is 32.0 Å². The second-order valence-corrected chi connectivity index (χ2v) is 5.35. The normalized spacial score (nSPS) is 10.5. The Kier molecular flexibility index (Phi) is 3.80. The maximum atomic E-state index is 13.0. The van der Waals surface area contributed by atoms with Gasteiger partial charge in [0.25, 0.3) is 0 Å². The van der Waals surface area contributed by atoms with Gasteiger partial charge in [-0.25, -0.2) is 14.2 Å². The lowest BCUT2D eigenvalue weighted by atomic mass is 10.2. The third-order valence-electron chi connectivity index (χ3n) is 2.63. The molecular weight excluding hydrogens is 267 g/mol. The Balaban J connectivity index is 2.03. The number of aromatic nitrogens is 1. The number of esters is 1. The van der Waals surface area contributed by atoms with Crippen LogP contribution in [0.2, 0.25) is 0 Å². The first-order chi connectivity index (χ1) is 8.97. The maximum Gasteiger partial charge on any atom is 0.338 e. The van der Waals surface area contributed by atoms with E-state index in [1.807, 2.05) is 13.8 Å². The zero-order valence-corrected chi connectivity index (χ0v) is 11.4. The third kappa shape index (κ3) is 3.08. The van der Waals surface area contributed by atoms with Crippen molar-refractivity contribution in [2.24, 2.45) is 0 Å². The summed E-state index contributed by atoms with van der Waals surface area (Å²) in [5, 5.41) is 0.735. The van der Waals surface area contributed by atoms with Crippen LogP contribution in [0.4, 0.5) is 10.1 Å². The van der Waals surface area contributed by atoms with E-state index < -0.39 is 11.8 Å². The standard InChI is InChI=1S/C13H13FN2O2S/c1-7-8(2)19-12(16-7)6-18-13(17)9-3-4-10(14)11(15)5-9/h3-5H,6,15H2,1-2H3. The molecule has 2 aromatic rings. The largest absolute Gasteiger partial charge is 0.455 e. The van der Waals surface area contributed by atoms with E-state index in [0.717, 1.165) is 21.6 Å². The van der Waals surface area contributed by atoms with Gasteiger partial charge in [0.05, 0.1) is 16.9 Å². The average Bonchev–Trinajstić information content (AvgIpc) is 2.69. The van der Waals surface area contributed by atoms with E-state index in [1.54, 1.807) is 0 Å². The Labute approximate surface area is 114 Å². The summed E-state index contributed by atoms with van der Waals surface area (Å²) < 4.78 is 18.1. The molecule has 0 atom stereocenters. The molecule has 0 radical (unpaired) electrons. The van der Waals surface area contributed by atoms with Gasteiger partial charge in [0, 0.05) is 4.88 Å². The highest BCUT2D eigenvalue weighted by molar-refractivity contribution is 7.11. The summed E-state index contributed by atoms with van der Waals surface area (Å²) in [6.45, 7) is 3.96. The SMILES string of the molecule is Cc1nc(COC(=O)c2ccc(F)c(N)c2)sc1C. The van der Waals surface area contributed by atoms with Crippen LogP contribution in [0.25, 0.3) is 0 Å². The summed E-state index contributed by atoms with van der Waals surface area (Å²) in [5.41, 5.74) is 6.48. The molecular formula is C13H13FN2O2S. The van der Waals surface area contributed by atoms with Crippen molar-refractivity contribution in [3.05, 3.63) is 45.2 Å². The van der Waals surface area contributed by atoms with Crippen molar-refractivity contribution in [3.8, 4) is 0 Å². The fourth-order valence-corrected chi connectivity index (χ4v) is 2.33. The molecule has 1 aromatic carbocycles. The number of thiazole rings is 1. The van der Waals surface area contributed by atoms with E-state index in [-0.39, 0.29) is 17.9 Å². The van der Waals surface area contributed by atoms with Crippen molar-refractivity contribution in [2.45, 2.75) is 20.5 Å². The Morgan fingerprint density at radius 1 is 1.47 bits per heavy atom. The first-order valence-electron chi connectivity index (χ1n) is 5.62. The minimum atomic E-state index is -0.553. The lowest BCUT2D eigenvalue weighted by Crippen LogP contribution is -2.06. The number of nitrogens with zero attached hydrogens (tertiary/aromatic N) is 1. The molecule has 6 heteroatoms. The summed E-state index contributed by atoms with van der Waals surface area (Å²) in [4.78, 5) is 17.1. The number of nitrogens with two attached hydrogens (primary N) is 1. The van der Waals surface area contributed by atoms with E-state index in [4.69, 9.17) is 10.5 Å². The molecule has 0 fully saturated rings. The summed E-state index contributed by atoms with van der Waals surface area (Å²) in [6, 6.07) is 3.74. The third-order valence-corrected chi connectivity index (χ3v) is 3.68. The quantitative estimate of drug-likeness (QED) is 0.693. The number of anilines is 1. The highest BCUT2D eigenvalue weighted by Crippen LogP contribution is 2.18. The molecule has 0 aliphatic heterocycles. The number of nitrogen functional groups attached to an aromatic ring is 1. The fourth-order valence-electron chi connectivity index (χ4n) is 1.48. The topological polar surface area (TPSA) is 65.2 Å². The predicted molar refractivity (Wildman–Crippen MR) is 71.5 cm³/mol. The van der Waals surface area contributed by atoms with Gasteiger partial charge >= 0.3 is 5.97 Å². The lowest BCUT2D eigenvalue weighted by molar-refractivity contribution is 0.0472. The number of carbonyl (C=O) groups excluding carboxylic acids is 1. The number of aryl methyl sites for hydroxylation is 2. The number of halogens is 1. The number of rotatable bonds is 3. The van der Waals surface area contributed by atoms with E-state index in [0.29, 0.717) is 0 Å². The fraction of sp³-hybridized carbons (Fsp3) is 0.231. The lowest BCUT2D eigenvalue weighted by Gasteiger charge is -2.04. The van der Waals surface area contributed by atoms with E-state index in [2.05, 4.69) is 4.98 Å². The molecule has 0 unspecified atom stereocenters. The molecule has 0 saturated heterocycles. The van der Waals surface area contributed by atoms with Crippen LogP contribution >= 0.6 is 11.3 Å². The van der Waals surface area contributed by atoms with Gasteiger partial charge in [0.1, 0.15) is 17.4 Å². The molecule has 2 N–H and O–H groups in total. The molecule has 1 aromatic heterocycles. The van der Waals surface area contributed by atoms with Crippen molar-refractivity contribution in [1.29, 1.82) is 0 Å². The predicted octanol–water partition coefficient (Wildman–Crippen LogP) is 2.84. The number of carbonyl (C=O) groups is 1. The summed E-state index contributed by atoms with van der Waals surface area (Å²) in [6.07, 6.45) is 0. The highest BCUT2D eigenvalue weighted by atomic mass is 32.1. The molecule has 0 aliphatic rings. The summed E-state index contributed by atoms with van der Waals surface area (Å²) >= 11 is 1.48. The van der Waals surface area contributed by atoms with Gasteiger partial charge in [0.15, 0.2) is 0 Å². The monoisotopic (exact) mass is 280 g/mol. The van der Waals surface area contributed by atoms with Gasteiger partial charge in [-0.15, -0.1) is 11.3 Å². The molecule has 0 spiro atoms. The van der Waals surface area contributed by atoms with Crippen LogP contribution < -0.4 is 5.73 Å². The van der Waals surface area contributed by atoms with Crippen molar-refractivity contribution in [2.75, 3.05) is 5.73 Å². The number of ether oxygens (including phenoxy) is 1. The first kappa shape index (κ1) is 13.5. The Morgan fingerprint density at radius 3 is 2.79 bits per heavy atom. The highest BCUT2D eigenvalue weighted by Gasteiger charge is 2.11. The Hall–Kier alpha value is -1.95. The Morgan fingerprint density at radius 2 is 2.21 bits per heavy atom. The van der Waals surface area contributed by atoms with Crippen LogP contribution in [0.5, 0.6) is 0 Å².